The molecule has 0 heterocycles. The molecule has 78 valence electrons. The van der Waals surface area contributed by atoms with E-state index >= 15 is 0 Å². The quantitative estimate of drug-likeness (QED) is 0.677. The lowest BCUT2D eigenvalue weighted by molar-refractivity contribution is 0.0795. The first-order valence-corrected chi connectivity index (χ1v) is 4.68. The van der Waals surface area contributed by atoms with E-state index in [4.69, 9.17) is 5.11 Å². The fourth-order valence-corrected chi connectivity index (χ4v) is 1.13. The van der Waals surface area contributed by atoms with Gasteiger partial charge in [-0.3, -0.25) is 0 Å². The number of phenols is 1. The molecule has 0 aliphatic heterocycles. The summed E-state index contributed by atoms with van der Waals surface area (Å²) in [7, 11) is 0. The second-order valence-electron chi connectivity index (χ2n) is 4.08. The highest BCUT2D eigenvalue weighted by Gasteiger charge is 2.10. The Kier molecular flexibility index (Phi) is 3.49. The van der Waals surface area contributed by atoms with E-state index in [1.54, 1.807) is 26.0 Å². The summed E-state index contributed by atoms with van der Waals surface area (Å²) in [4.78, 5) is 0. The summed E-state index contributed by atoms with van der Waals surface area (Å²) < 4.78 is 0. The maximum atomic E-state index is 9.44. The van der Waals surface area contributed by atoms with Gasteiger partial charge in [0.1, 0.15) is 5.75 Å². The van der Waals surface area contributed by atoms with Crippen molar-refractivity contribution >= 4 is 0 Å². The van der Waals surface area contributed by atoms with Crippen molar-refractivity contribution in [1.82, 2.24) is 5.32 Å². The standard InChI is InChI=1S/C11H17NO2/c1-11(2,14)8-12-7-9-3-5-10(13)6-4-9/h3-6,12-14H,7-8H2,1-2H3. The van der Waals surface area contributed by atoms with E-state index in [2.05, 4.69) is 5.32 Å². The summed E-state index contributed by atoms with van der Waals surface area (Å²) in [5, 5.41) is 21.6. The van der Waals surface area contributed by atoms with Gasteiger partial charge in [0.2, 0.25) is 0 Å². The second kappa shape index (κ2) is 4.44. The van der Waals surface area contributed by atoms with E-state index in [-0.39, 0.29) is 5.75 Å². The van der Waals surface area contributed by atoms with E-state index in [1.807, 2.05) is 12.1 Å². The van der Waals surface area contributed by atoms with Crippen LogP contribution in [-0.4, -0.2) is 22.4 Å². The molecule has 0 fully saturated rings. The van der Waals surface area contributed by atoms with Crippen LogP contribution in [0.3, 0.4) is 0 Å². The zero-order valence-corrected chi connectivity index (χ0v) is 8.62. The molecule has 0 atom stereocenters. The normalized spacial score (nSPS) is 11.6. The molecular weight excluding hydrogens is 178 g/mol. The van der Waals surface area contributed by atoms with Crippen LogP contribution in [0, 0.1) is 0 Å². The van der Waals surface area contributed by atoms with Crippen molar-refractivity contribution in [2.75, 3.05) is 6.54 Å². The van der Waals surface area contributed by atoms with E-state index in [1.165, 1.54) is 0 Å². The number of hydrogen-bond donors (Lipinski definition) is 3. The number of hydrogen-bond acceptors (Lipinski definition) is 3. The molecule has 3 nitrogen and oxygen atoms in total. The molecule has 0 saturated heterocycles. The van der Waals surface area contributed by atoms with Crippen LogP contribution < -0.4 is 5.32 Å². The van der Waals surface area contributed by atoms with Crippen molar-refractivity contribution in [2.24, 2.45) is 0 Å². The molecule has 0 saturated carbocycles. The highest BCUT2D eigenvalue weighted by molar-refractivity contribution is 5.25. The van der Waals surface area contributed by atoms with Gasteiger partial charge in [-0.2, -0.15) is 0 Å². The summed E-state index contributed by atoms with van der Waals surface area (Å²) in [6.07, 6.45) is 0. The molecule has 0 aliphatic rings. The van der Waals surface area contributed by atoms with Gasteiger partial charge in [0.05, 0.1) is 5.60 Å². The lowest BCUT2D eigenvalue weighted by atomic mass is 10.1. The third-order valence-electron chi connectivity index (χ3n) is 1.82. The molecule has 3 heteroatoms. The number of rotatable bonds is 4. The molecule has 0 spiro atoms. The average Bonchev–Trinajstić information content (AvgIpc) is 2.06. The van der Waals surface area contributed by atoms with E-state index < -0.39 is 5.60 Å². The molecular formula is C11H17NO2. The Morgan fingerprint density at radius 1 is 1.21 bits per heavy atom. The topological polar surface area (TPSA) is 52.5 Å². The third kappa shape index (κ3) is 4.25. The van der Waals surface area contributed by atoms with Gasteiger partial charge in [0, 0.05) is 13.1 Å². The molecule has 0 amide bonds. The number of nitrogens with one attached hydrogen (secondary N) is 1. The lowest BCUT2D eigenvalue weighted by Crippen LogP contribution is -2.34. The summed E-state index contributed by atoms with van der Waals surface area (Å²) in [6, 6.07) is 7.02. The van der Waals surface area contributed by atoms with Gasteiger partial charge < -0.3 is 15.5 Å². The van der Waals surface area contributed by atoms with Gasteiger partial charge in [-0.15, -0.1) is 0 Å². The van der Waals surface area contributed by atoms with E-state index in [0.29, 0.717) is 13.1 Å². The Morgan fingerprint density at radius 2 is 1.79 bits per heavy atom. The highest BCUT2D eigenvalue weighted by atomic mass is 16.3. The zero-order chi connectivity index (χ0) is 10.6. The smallest absolute Gasteiger partial charge is 0.115 e. The first kappa shape index (κ1) is 11.0. The van der Waals surface area contributed by atoms with Crippen molar-refractivity contribution in [2.45, 2.75) is 26.0 Å². The Balaban J connectivity index is 2.35. The molecule has 0 aromatic heterocycles. The van der Waals surface area contributed by atoms with E-state index in [9.17, 15) is 5.11 Å². The fourth-order valence-electron chi connectivity index (χ4n) is 1.13. The highest BCUT2D eigenvalue weighted by Crippen LogP contribution is 2.09. The molecule has 1 aromatic carbocycles. The van der Waals surface area contributed by atoms with Crippen LogP contribution in [0.5, 0.6) is 5.75 Å². The van der Waals surface area contributed by atoms with Crippen LogP contribution in [0.4, 0.5) is 0 Å². The van der Waals surface area contributed by atoms with E-state index in [0.717, 1.165) is 5.56 Å². The van der Waals surface area contributed by atoms with Gasteiger partial charge in [0.15, 0.2) is 0 Å². The number of phenolic OH excluding ortho intramolecular Hbond substituents is 1. The first-order valence-electron chi connectivity index (χ1n) is 4.68. The maximum absolute atomic E-state index is 9.44. The molecule has 3 N–H and O–H groups in total. The minimum atomic E-state index is -0.684. The SMILES string of the molecule is CC(C)(O)CNCc1ccc(O)cc1. The summed E-state index contributed by atoms with van der Waals surface area (Å²) in [6.45, 7) is 4.77. The van der Waals surface area contributed by atoms with Gasteiger partial charge in [0.25, 0.3) is 0 Å². The summed E-state index contributed by atoms with van der Waals surface area (Å²) >= 11 is 0. The minimum absolute atomic E-state index is 0.274. The van der Waals surface area contributed by atoms with Gasteiger partial charge in [-0.05, 0) is 31.5 Å². The van der Waals surface area contributed by atoms with Crippen LogP contribution in [0.25, 0.3) is 0 Å². The van der Waals surface area contributed by atoms with Crippen molar-refractivity contribution in [3.63, 3.8) is 0 Å². The largest absolute Gasteiger partial charge is 0.508 e. The van der Waals surface area contributed by atoms with Crippen LogP contribution in [0.1, 0.15) is 19.4 Å². The molecule has 14 heavy (non-hydrogen) atoms. The summed E-state index contributed by atoms with van der Waals surface area (Å²) in [5.41, 5.74) is 0.406. The number of aliphatic hydroxyl groups is 1. The van der Waals surface area contributed by atoms with Crippen molar-refractivity contribution in [3.8, 4) is 5.75 Å². The van der Waals surface area contributed by atoms with Crippen molar-refractivity contribution in [3.05, 3.63) is 29.8 Å². The van der Waals surface area contributed by atoms with Gasteiger partial charge in [-0.1, -0.05) is 12.1 Å². The van der Waals surface area contributed by atoms with Crippen molar-refractivity contribution < 1.29 is 10.2 Å². The molecule has 0 bridgehead atoms. The average molecular weight is 195 g/mol. The maximum Gasteiger partial charge on any atom is 0.115 e. The fraction of sp³-hybridized carbons (Fsp3) is 0.455. The molecule has 1 rings (SSSR count). The van der Waals surface area contributed by atoms with Crippen LogP contribution in [-0.2, 0) is 6.54 Å². The van der Waals surface area contributed by atoms with Gasteiger partial charge in [-0.25, -0.2) is 0 Å². The lowest BCUT2D eigenvalue weighted by Gasteiger charge is -2.17. The Bertz CT molecular complexity index is 274. The van der Waals surface area contributed by atoms with Gasteiger partial charge >= 0.3 is 0 Å². The number of benzene rings is 1. The Hall–Kier alpha value is -1.06. The van der Waals surface area contributed by atoms with Crippen LogP contribution >= 0.6 is 0 Å². The number of aromatic hydroxyl groups is 1. The third-order valence-corrected chi connectivity index (χ3v) is 1.82. The molecule has 0 aliphatic carbocycles. The molecule has 1 aromatic rings. The first-order chi connectivity index (χ1) is 6.47. The minimum Gasteiger partial charge on any atom is -0.508 e. The molecule has 0 unspecified atom stereocenters. The predicted molar refractivity (Wildman–Crippen MR) is 56.1 cm³/mol. The predicted octanol–water partition coefficient (Wildman–Crippen LogP) is 1.25. The summed E-state index contributed by atoms with van der Waals surface area (Å²) in [5.74, 6) is 0.274. The Labute approximate surface area is 84.4 Å². The zero-order valence-electron chi connectivity index (χ0n) is 8.62. The van der Waals surface area contributed by atoms with Crippen LogP contribution in [0.2, 0.25) is 0 Å². The van der Waals surface area contributed by atoms with Crippen molar-refractivity contribution in [1.29, 1.82) is 0 Å². The monoisotopic (exact) mass is 195 g/mol. The van der Waals surface area contributed by atoms with Crippen LogP contribution in [0.15, 0.2) is 24.3 Å². The second-order valence-corrected chi connectivity index (χ2v) is 4.08. The Morgan fingerprint density at radius 3 is 2.29 bits per heavy atom. The molecule has 0 radical (unpaired) electrons.